The predicted molar refractivity (Wildman–Crippen MR) is 38.7 cm³/mol. The Balaban J connectivity index is 2.91. The van der Waals surface area contributed by atoms with Crippen LogP contribution in [0.5, 0.6) is 0 Å². The van der Waals surface area contributed by atoms with Crippen LogP contribution in [0.15, 0.2) is 22.9 Å². The number of aryl methyl sites for hydroxylation is 1. The number of rotatable bonds is 0. The van der Waals surface area contributed by atoms with Gasteiger partial charge in [0, 0.05) is 5.39 Å². The van der Waals surface area contributed by atoms with Crippen LogP contribution < -0.4 is 0 Å². The monoisotopic (exact) mass is 151 g/mol. The molecule has 0 saturated carbocycles. The second-order valence-electron chi connectivity index (χ2n) is 2.49. The Hall–Kier alpha value is -1.38. The summed E-state index contributed by atoms with van der Waals surface area (Å²) in [6, 6.07) is 3.25. The molecule has 3 heteroatoms. The van der Waals surface area contributed by atoms with Gasteiger partial charge in [-0.05, 0) is 24.6 Å². The van der Waals surface area contributed by atoms with Gasteiger partial charge >= 0.3 is 0 Å². The Bertz CT molecular complexity index is 394. The van der Waals surface area contributed by atoms with Gasteiger partial charge in [0.15, 0.2) is 5.82 Å². The summed E-state index contributed by atoms with van der Waals surface area (Å²) in [5.74, 6) is -0.350. The largest absolute Gasteiger partial charge is 0.353 e. The first-order valence-corrected chi connectivity index (χ1v) is 3.28. The molecule has 0 saturated heterocycles. The molecule has 0 aliphatic carbocycles. The van der Waals surface area contributed by atoms with E-state index >= 15 is 0 Å². The van der Waals surface area contributed by atoms with E-state index in [9.17, 15) is 4.39 Å². The van der Waals surface area contributed by atoms with Crippen LogP contribution in [-0.4, -0.2) is 5.16 Å². The molecule has 0 aliphatic heterocycles. The van der Waals surface area contributed by atoms with E-state index in [0.717, 1.165) is 5.56 Å². The molecule has 0 unspecified atom stereocenters. The van der Waals surface area contributed by atoms with E-state index in [2.05, 4.69) is 9.68 Å². The number of fused-ring (bicyclic) bond motifs is 1. The van der Waals surface area contributed by atoms with Gasteiger partial charge in [0.05, 0.1) is 6.20 Å². The van der Waals surface area contributed by atoms with Crippen molar-refractivity contribution >= 4 is 11.0 Å². The molecule has 0 bridgehead atoms. The van der Waals surface area contributed by atoms with Gasteiger partial charge in [-0.25, -0.2) is 4.39 Å². The molecule has 2 aromatic rings. The first-order chi connectivity index (χ1) is 5.27. The SMILES string of the molecule is Cc1cc(F)c2oncc2c1. The molecule has 0 atom stereocenters. The van der Waals surface area contributed by atoms with E-state index in [-0.39, 0.29) is 11.4 Å². The Kier molecular flexibility index (Phi) is 1.18. The van der Waals surface area contributed by atoms with E-state index < -0.39 is 0 Å². The Morgan fingerprint density at radius 2 is 2.27 bits per heavy atom. The van der Waals surface area contributed by atoms with Crippen molar-refractivity contribution in [3.8, 4) is 0 Å². The third kappa shape index (κ3) is 0.888. The maximum atomic E-state index is 12.9. The average Bonchev–Trinajstić information content (AvgIpc) is 2.34. The van der Waals surface area contributed by atoms with Gasteiger partial charge in [0.2, 0.25) is 5.58 Å². The molecule has 1 aromatic heterocycles. The molecule has 0 fully saturated rings. The normalized spacial score (nSPS) is 10.7. The summed E-state index contributed by atoms with van der Waals surface area (Å²) in [4.78, 5) is 0. The van der Waals surface area contributed by atoms with E-state index in [0.29, 0.717) is 5.39 Å². The topological polar surface area (TPSA) is 26.0 Å². The number of hydrogen-bond acceptors (Lipinski definition) is 2. The summed E-state index contributed by atoms with van der Waals surface area (Å²) in [6.07, 6.45) is 1.51. The van der Waals surface area contributed by atoms with Gasteiger partial charge in [-0.1, -0.05) is 5.16 Å². The Morgan fingerprint density at radius 1 is 1.45 bits per heavy atom. The highest BCUT2D eigenvalue weighted by molar-refractivity contribution is 5.77. The fourth-order valence-electron chi connectivity index (χ4n) is 1.08. The minimum atomic E-state index is -0.350. The summed E-state index contributed by atoms with van der Waals surface area (Å²) in [6.45, 7) is 1.83. The van der Waals surface area contributed by atoms with Gasteiger partial charge in [0.25, 0.3) is 0 Å². The molecule has 0 aliphatic rings. The van der Waals surface area contributed by atoms with E-state index in [1.54, 1.807) is 0 Å². The first kappa shape index (κ1) is 6.34. The lowest BCUT2D eigenvalue weighted by Crippen LogP contribution is -1.77. The average molecular weight is 151 g/mol. The molecule has 56 valence electrons. The quantitative estimate of drug-likeness (QED) is 0.577. The maximum absolute atomic E-state index is 12.9. The van der Waals surface area contributed by atoms with Crippen LogP contribution in [0.25, 0.3) is 11.0 Å². The van der Waals surface area contributed by atoms with Crippen molar-refractivity contribution in [1.29, 1.82) is 0 Å². The van der Waals surface area contributed by atoms with Crippen molar-refractivity contribution in [1.82, 2.24) is 5.16 Å². The molecule has 1 aromatic carbocycles. The fraction of sp³-hybridized carbons (Fsp3) is 0.125. The van der Waals surface area contributed by atoms with Crippen LogP contribution in [0.1, 0.15) is 5.56 Å². The molecule has 0 spiro atoms. The van der Waals surface area contributed by atoms with Gasteiger partial charge in [-0.2, -0.15) is 0 Å². The lowest BCUT2D eigenvalue weighted by molar-refractivity contribution is 0.440. The third-order valence-electron chi connectivity index (χ3n) is 1.55. The van der Waals surface area contributed by atoms with Crippen LogP contribution >= 0.6 is 0 Å². The number of nitrogens with zero attached hydrogens (tertiary/aromatic N) is 1. The van der Waals surface area contributed by atoms with Crippen LogP contribution in [0.3, 0.4) is 0 Å². The molecule has 0 N–H and O–H groups in total. The number of hydrogen-bond donors (Lipinski definition) is 0. The van der Waals surface area contributed by atoms with E-state index in [1.807, 2.05) is 13.0 Å². The number of benzene rings is 1. The molecular weight excluding hydrogens is 145 g/mol. The molecule has 0 amide bonds. The van der Waals surface area contributed by atoms with Crippen LogP contribution in [0.2, 0.25) is 0 Å². The van der Waals surface area contributed by atoms with Crippen molar-refractivity contribution in [3.63, 3.8) is 0 Å². The second kappa shape index (κ2) is 2.05. The first-order valence-electron chi connectivity index (χ1n) is 3.28. The molecule has 0 radical (unpaired) electrons. The highest BCUT2D eigenvalue weighted by Crippen LogP contribution is 2.18. The number of halogens is 1. The summed E-state index contributed by atoms with van der Waals surface area (Å²) in [5, 5.41) is 4.20. The highest BCUT2D eigenvalue weighted by atomic mass is 19.1. The van der Waals surface area contributed by atoms with Crippen molar-refractivity contribution in [3.05, 3.63) is 29.7 Å². The Morgan fingerprint density at radius 3 is 3.09 bits per heavy atom. The lowest BCUT2D eigenvalue weighted by Gasteiger charge is -1.91. The van der Waals surface area contributed by atoms with E-state index in [1.165, 1.54) is 12.3 Å². The van der Waals surface area contributed by atoms with E-state index in [4.69, 9.17) is 0 Å². The molecule has 2 nitrogen and oxygen atoms in total. The molecule has 11 heavy (non-hydrogen) atoms. The zero-order valence-electron chi connectivity index (χ0n) is 5.97. The summed E-state index contributed by atoms with van der Waals surface area (Å²) in [7, 11) is 0. The van der Waals surface area contributed by atoms with Crippen molar-refractivity contribution in [2.75, 3.05) is 0 Å². The van der Waals surface area contributed by atoms with Crippen molar-refractivity contribution in [2.24, 2.45) is 0 Å². The molecule has 1 heterocycles. The van der Waals surface area contributed by atoms with Crippen molar-refractivity contribution < 1.29 is 8.91 Å². The third-order valence-corrected chi connectivity index (χ3v) is 1.55. The van der Waals surface area contributed by atoms with Gasteiger partial charge in [0.1, 0.15) is 0 Å². The van der Waals surface area contributed by atoms with Crippen LogP contribution in [0, 0.1) is 12.7 Å². The summed E-state index contributed by atoms with van der Waals surface area (Å²) in [5.41, 5.74) is 1.11. The lowest BCUT2D eigenvalue weighted by atomic mass is 10.2. The number of aromatic nitrogens is 1. The van der Waals surface area contributed by atoms with Crippen LogP contribution in [0.4, 0.5) is 4.39 Å². The Labute approximate surface area is 62.6 Å². The fourth-order valence-corrected chi connectivity index (χ4v) is 1.08. The minimum absolute atomic E-state index is 0.232. The maximum Gasteiger partial charge on any atom is 0.202 e. The van der Waals surface area contributed by atoms with Gasteiger partial charge in [-0.15, -0.1) is 0 Å². The molecular formula is C8H6FNO. The van der Waals surface area contributed by atoms with Crippen LogP contribution in [-0.2, 0) is 0 Å². The zero-order chi connectivity index (χ0) is 7.84. The smallest absolute Gasteiger partial charge is 0.202 e. The van der Waals surface area contributed by atoms with Gasteiger partial charge in [-0.3, -0.25) is 0 Å². The summed E-state index contributed by atoms with van der Waals surface area (Å²) >= 11 is 0. The van der Waals surface area contributed by atoms with Gasteiger partial charge < -0.3 is 4.52 Å². The highest BCUT2D eigenvalue weighted by Gasteiger charge is 2.04. The molecule has 2 rings (SSSR count). The van der Waals surface area contributed by atoms with Crippen molar-refractivity contribution in [2.45, 2.75) is 6.92 Å². The summed E-state index contributed by atoms with van der Waals surface area (Å²) < 4.78 is 17.6. The second-order valence-corrected chi connectivity index (χ2v) is 2.49. The predicted octanol–water partition coefficient (Wildman–Crippen LogP) is 2.28. The standard InChI is InChI=1S/C8H6FNO/c1-5-2-6-4-10-11-8(6)7(9)3-5/h2-4H,1H3. The minimum Gasteiger partial charge on any atom is -0.353 e. The zero-order valence-corrected chi connectivity index (χ0v) is 5.97.